The Labute approximate surface area is 213 Å². The van der Waals surface area contributed by atoms with Crippen LogP contribution < -0.4 is 10.1 Å². The number of fused-ring (bicyclic) bond motifs is 1. The van der Waals surface area contributed by atoms with E-state index in [0.29, 0.717) is 29.4 Å². The molecule has 9 nitrogen and oxygen atoms in total. The smallest absolute Gasteiger partial charge is 0.347 e. The van der Waals surface area contributed by atoms with Crippen molar-refractivity contribution < 1.29 is 23.8 Å². The van der Waals surface area contributed by atoms with Crippen LogP contribution in [-0.2, 0) is 11.3 Å². The number of aromatic nitrogens is 2. The van der Waals surface area contributed by atoms with Gasteiger partial charge in [0.25, 0.3) is 0 Å². The molecule has 1 aliphatic rings. The van der Waals surface area contributed by atoms with Gasteiger partial charge in [0.15, 0.2) is 22.9 Å². The number of nitrogens with one attached hydrogen (secondary N) is 1. The van der Waals surface area contributed by atoms with Crippen molar-refractivity contribution in [3.8, 4) is 11.5 Å². The molecule has 9 heteroatoms. The Kier molecular flexibility index (Phi) is 6.67. The molecule has 0 aliphatic carbocycles. The average molecular weight is 497 g/mol. The Bertz CT molecular complexity index is 1510. The lowest BCUT2D eigenvalue weighted by atomic mass is 10.1. The summed E-state index contributed by atoms with van der Waals surface area (Å²) in [6.07, 6.45) is 8.36. The first kappa shape index (κ1) is 23.8. The number of nitrogens with zero attached hydrogens (tertiary/aromatic N) is 3. The number of benzene rings is 1. The van der Waals surface area contributed by atoms with Crippen LogP contribution in [0.15, 0.2) is 70.5 Å². The van der Waals surface area contributed by atoms with Crippen molar-refractivity contribution >= 4 is 41.2 Å². The van der Waals surface area contributed by atoms with E-state index in [1.165, 1.54) is 0 Å². The number of pyridine rings is 2. The highest BCUT2D eigenvalue weighted by Gasteiger charge is 2.27. The number of furan rings is 1. The molecule has 0 radical (unpaired) electrons. The molecule has 0 unspecified atom stereocenters. The summed E-state index contributed by atoms with van der Waals surface area (Å²) < 4.78 is 17.0. The molecule has 4 heterocycles. The van der Waals surface area contributed by atoms with Crippen molar-refractivity contribution in [2.45, 2.75) is 20.5 Å². The van der Waals surface area contributed by atoms with Crippen LogP contribution in [0.5, 0.6) is 11.5 Å². The summed E-state index contributed by atoms with van der Waals surface area (Å²) >= 11 is 0. The minimum absolute atomic E-state index is 0.0660. The standard InChI is InChI=1S/C28H24N4O5/c1-3-35-28(34)24-25(33)23(13-19-15-31-26-21(19)7-5-11-30-26)37-27(24)32-22-9-8-20(12-17(22)2)36-16-18-6-4-10-29-14-18/h4-15,32-33H,3,16H2,1-2H3. The van der Waals surface area contributed by atoms with E-state index in [-0.39, 0.29) is 29.6 Å². The fourth-order valence-electron chi connectivity index (χ4n) is 3.84. The van der Waals surface area contributed by atoms with Gasteiger partial charge in [-0.2, -0.15) is 0 Å². The van der Waals surface area contributed by atoms with Gasteiger partial charge in [-0.3, -0.25) is 4.98 Å². The number of aryl methyl sites for hydroxylation is 1. The molecule has 4 aromatic rings. The van der Waals surface area contributed by atoms with Crippen LogP contribution in [0.1, 0.15) is 39.7 Å². The van der Waals surface area contributed by atoms with E-state index >= 15 is 0 Å². The van der Waals surface area contributed by atoms with E-state index in [2.05, 4.69) is 20.3 Å². The maximum atomic E-state index is 12.7. The monoisotopic (exact) mass is 496 g/mol. The number of hydrogen-bond donors (Lipinski definition) is 2. The van der Waals surface area contributed by atoms with E-state index in [4.69, 9.17) is 13.9 Å². The van der Waals surface area contributed by atoms with Gasteiger partial charge < -0.3 is 24.3 Å². The lowest BCUT2D eigenvalue weighted by molar-refractivity contribution is 0.0524. The molecule has 1 aliphatic heterocycles. The fraction of sp³-hybridized carbons (Fsp3) is 0.143. The molecule has 0 amide bonds. The van der Waals surface area contributed by atoms with Crippen molar-refractivity contribution in [2.24, 2.45) is 4.99 Å². The average Bonchev–Trinajstić information content (AvgIpc) is 3.45. The predicted molar refractivity (Wildman–Crippen MR) is 140 cm³/mol. The van der Waals surface area contributed by atoms with E-state index < -0.39 is 5.97 Å². The van der Waals surface area contributed by atoms with Gasteiger partial charge in [0.2, 0.25) is 5.88 Å². The molecule has 5 rings (SSSR count). The summed E-state index contributed by atoms with van der Waals surface area (Å²) in [5, 5.41) is 14.0. The number of rotatable bonds is 8. The number of allylic oxidation sites excluding steroid dienone is 1. The molecule has 0 atom stereocenters. The molecule has 0 bridgehead atoms. The topological polar surface area (TPSA) is 119 Å². The zero-order valence-corrected chi connectivity index (χ0v) is 20.3. The van der Waals surface area contributed by atoms with Crippen LogP contribution in [0.25, 0.3) is 11.6 Å². The van der Waals surface area contributed by atoms with Crippen LogP contribution in [0.4, 0.5) is 17.4 Å². The van der Waals surface area contributed by atoms with Crippen LogP contribution in [0, 0.1) is 6.92 Å². The second-order valence-electron chi connectivity index (χ2n) is 8.22. The zero-order chi connectivity index (χ0) is 25.8. The Morgan fingerprint density at radius 2 is 2.05 bits per heavy atom. The largest absolute Gasteiger partial charge is 0.504 e. The minimum Gasteiger partial charge on any atom is -0.504 e. The summed E-state index contributed by atoms with van der Waals surface area (Å²) in [5.41, 5.74) is 3.87. The summed E-state index contributed by atoms with van der Waals surface area (Å²) in [6, 6.07) is 13.0. The number of carbonyl (C=O) groups is 1. The molecular weight excluding hydrogens is 472 g/mol. The first-order valence-electron chi connectivity index (χ1n) is 11.7. The molecule has 2 N–H and O–H groups in total. The minimum atomic E-state index is -0.702. The third kappa shape index (κ3) is 5.06. The van der Waals surface area contributed by atoms with E-state index in [1.807, 2.05) is 37.3 Å². The Morgan fingerprint density at radius 3 is 2.84 bits per heavy atom. The van der Waals surface area contributed by atoms with Gasteiger partial charge in [0.1, 0.15) is 12.4 Å². The third-order valence-corrected chi connectivity index (χ3v) is 5.67. The second-order valence-corrected chi connectivity index (χ2v) is 8.22. The maximum Gasteiger partial charge on any atom is 0.347 e. The molecule has 0 fully saturated rings. The number of ether oxygens (including phenoxy) is 2. The molecule has 0 spiro atoms. The van der Waals surface area contributed by atoms with Crippen LogP contribution in [0.3, 0.4) is 0 Å². The molecule has 3 aromatic heterocycles. The van der Waals surface area contributed by atoms with E-state index in [1.54, 1.807) is 49.9 Å². The molecule has 37 heavy (non-hydrogen) atoms. The van der Waals surface area contributed by atoms with Gasteiger partial charge >= 0.3 is 5.97 Å². The Hall–Kier alpha value is -4.92. The highest BCUT2D eigenvalue weighted by atomic mass is 16.5. The van der Waals surface area contributed by atoms with Gasteiger partial charge in [-0.25, -0.2) is 14.8 Å². The molecule has 186 valence electrons. The number of esters is 1. The van der Waals surface area contributed by atoms with Crippen LogP contribution in [-0.4, -0.2) is 33.9 Å². The highest BCUT2D eigenvalue weighted by Crippen LogP contribution is 2.40. The van der Waals surface area contributed by atoms with Gasteiger partial charge in [0, 0.05) is 47.2 Å². The van der Waals surface area contributed by atoms with Gasteiger partial charge in [-0.05, 0) is 61.9 Å². The molecule has 0 saturated heterocycles. The quantitative estimate of drug-likeness (QED) is 0.292. The first-order valence-corrected chi connectivity index (χ1v) is 11.7. The highest BCUT2D eigenvalue weighted by molar-refractivity contribution is 6.21. The normalized spacial score (nSPS) is 13.0. The molecule has 1 aromatic carbocycles. The van der Waals surface area contributed by atoms with E-state index in [9.17, 15) is 9.90 Å². The number of aliphatic imine (C=N–C) groups is 1. The van der Waals surface area contributed by atoms with Gasteiger partial charge in [-0.15, -0.1) is 0 Å². The van der Waals surface area contributed by atoms with E-state index in [0.717, 1.165) is 16.7 Å². The SMILES string of the molecule is CCOC(=O)c1c(Nc2ccc(OCc3cccnc3)cc2C)oc(C=C2C=Nc3ncccc32)c1O. The van der Waals surface area contributed by atoms with Crippen molar-refractivity contribution in [1.29, 1.82) is 0 Å². The first-order chi connectivity index (χ1) is 18.0. The number of hydrogen-bond acceptors (Lipinski definition) is 9. The second kappa shape index (κ2) is 10.4. The maximum absolute atomic E-state index is 12.7. The van der Waals surface area contributed by atoms with Crippen molar-refractivity contribution in [2.75, 3.05) is 11.9 Å². The Balaban J connectivity index is 1.43. The van der Waals surface area contributed by atoms with Crippen LogP contribution >= 0.6 is 0 Å². The van der Waals surface area contributed by atoms with Crippen LogP contribution in [0.2, 0.25) is 0 Å². The summed E-state index contributed by atoms with van der Waals surface area (Å²) in [5.74, 6) is 0.387. The number of aromatic hydroxyl groups is 1. The summed E-state index contributed by atoms with van der Waals surface area (Å²) in [4.78, 5) is 25.3. The molecular formula is C28H24N4O5. The summed E-state index contributed by atoms with van der Waals surface area (Å²) in [7, 11) is 0. The number of anilines is 2. The Morgan fingerprint density at radius 1 is 1.19 bits per heavy atom. The van der Waals surface area contributed by atoms with Crippen molar-refractivity contribution in [3.63, 3.8) is 0 Å². The third-order valence-electron chi connectivity index (χ3n) is 5.67. The fourth-order valence-corrected chi connectivity index (χ4v) is 3.84. The predicted octanol–water partition coefficient (Wildman–Crippen LogP) is 5.84. The van der Waals surface area contributed by atoms with Crippen molar-refractivity contribution in [1.82, 2.24) is 9.97 Å². The van der Waals surface area contributed by atoms with Gasteiger partial charge in [-0.1, -0.05) is 6.07 Å². The van der Waals surface area contributed by atoms with Gasteiger partial charge in [0.05, 0.1) is 6.61 Å². The number of carbonyl (C=O) groups excluding carboxylic acids is 1. The zero-order valence-electron chi connectivity index (χ0n) is 20.3. The summed E-state index contributed by atoms with van der Waals surface area (Å²) in [6.45, 7) is 4.12. The lowest BCUT2D eigenvalue weighted by Gasteiger charge is -2.12. The lowest BCUT2D eigenvalue weighted by Crippen LogP contribution is -2.06. The van der Waals surface area contributed by atoms with Crippen molar-refractivity contribution in [3.05, 3.63) is 89.1 Å². The molecule has 0 saturated carbocycles.